The van der Waals surface area contributed by atoms with Crippen LogP contribution in [-0.2, 0) is 0 Å². The number of rotatable bonds is 6. The van der Waals surface area contributed by atoms with Crippen LogP contribution in [0, 0.1) is 5.82 Å². The van der Waals surface area contributed by atoms with E-state index >= 15 is 0 Å². The number of amides is 1. The molecule has 0 unspecified atom stereocenters. The number of nitrogens with zero attached hydrogens (tertiary/aromatic N) is 2. The second kappa shape index (κ2) is 12.0. The Labute approximate surface area is 174 Å². The number of anilines is 1. The largest absolute Gasteiger partial charge is 0.494 e. The second-order valence-electron chi connectivity index (χ2n) is 6.41. The normalized spacial score (nSPS) is 12.0. The Balaban J connectivity index is 0.000000989. The third-order valence-electron chi connectivity index (χ3n) is 4.13. The zero-order valence-electron chi connectivity index (χ0n) is 18.5. The van der Waals surface area contributed by atoms with E-state index in [1.807, 2.05) is 40.7 Å². The Morgan fingerprint density at radius 1 is 1.21 bits per heavy atom. The summed E-state index contributed by atoms with van der Waals surface area (Å²) in [5.74, 6) is 0.201. The van der Waals surface area contributed by atoms with Crippen molar-refractivity contribution in [2.75, 3.05) is 18.6 Å². The minimum atomic E-state index is -0.418. The number of hydrogen-bond acceptors (Lipinski definition) is 3. The Kier molecular flexibility index (Phi) is 10.1. The maximum atomic E-state index is 13.5. The van der Waals surface area contributed by atoms with Crippen molar-refractivity contribution < 1.29 is 13.9 Å². The summed E-state index contributed by atoms with van der Waals surface area (Å²) >= 11 is 0. The zero-order chi connectivity index (χ0) is 22.0. The van der Waals surface area contributed by atoms with E-state index in [-0.39, 0.29) is 5.91 Å². The van der Waals surface area contributed by atoms with Crippen molar-refractivity contribution in [2.24, 2.45) is 0 Å². The topological polar surface area (TPSA) is 42.4 Å². The molecule has 2 aromatic rings. The summed E-state index contributed by atoms with van der Waals surface area (Å²) < 4.78 is 18.8. The molecule has 5 heteroatoms. The van der Waals surface area contributed by atoms with Crippen molar-refractivity contribution in [1.29, 1.82) is 0 Å². The lowest BCUT2D eigenvalue weighted by Crippen LogP contribution is -2.32. The van der Waals surface area contributed by atoms with Crippen molar-refractivity contribution in [2.45, 2.75) is 53.4 Å². The molecular weight excluding hydrogens is 367 g/mol. The minimum Gasteiger partial charge on any atom is -0.494 e. The quantitative estimate of drug-likeness (QED) is 0.528. The lowest BCUT2D eigenvalue weighted by molar-refractivity contribution is 0.0988. The molecule has 0 atom stereocenters. The van der Waals surface area contributed by atoms with Gasteiger partial charge in [-0.05, 0) is 44.0 Å². The van der Waals surface area contributed by atoms with E-state index in [2.05, 4.69) is 11.6 Å². The summed E-state index contributed by atoms with van der Waals surface area (Å²) in [6.45, 7) is 14.0. The molecule has 29 heavy (non-hydrogen) atoms. The van der Waals surface area contributed by atoms with Crippen molar-refractivity contribution in [3.63, 3.8) is 0 Å². The first kappa shape index (κ1) is 24.3. The molecule has 0 aliphatic heterocycles. The second-order valence-corrected chi connectivity index (χ2v) is 6.41. The minimum absolute atomic E-state index is 0.220. The Morgan fingerprint density at radius 2 is 1.86 bits per heavy atom. The van der Waals surface area contributed by atoms with E-state index < -0.39 is 5.82 Å². The van der Waals surface area contributed by atoms with Gasteiger partial charge in [-0.1, -0.05) is 39.8 Å². The predicted molar refractivity (Wildman–Crippen MR) is 118 cm³/mol. The number of carbonyl (C=O) groups is 1. The maximum Gasteiger partial charge on any atom is 0.260 e. The molecular formula is C24H33FN2O2. The molecule has 0 N–H and O–H groups in total. The molecule has 1 heterocycles. The highest BCUT2D eigenvalue weighted by atomic mass is 19.1. The standard InChI is InChI=1S/C20H21FN2O2.2C2H6/c1-13(2)12-23(18-9-7-16(21)10-19(18)25-3)20(24)15-6-8-17(22-11-15)14-4-5-14;2*1-2/h6-11,14H,1,4-5,12H2,2-3H3;2*1-2H3. The van der Waals surface area contributed by atoms with Gasteiger partial charge in [-0.25, -0.2) is 4.39 Å². The van der Waals surface area contributed by atoms with Gasteiger partial charge in [0.1, 0.15) is 11.6 Å². The van der Waals surface area contributed by atoms with Gasteiger partial charge >= 0.3 is 0 Å². The van der Waals surface area contributed by atoms with Crippen LogP contribution in [0.25, 0.3) is 0 Å². The number of methoxy groups -OCH3 is 1. The fraction of sp³-hybridized carbons (Fsp3) is 0.417. The fourth-order valence-electron chi connectivity index (χ4n) is 2.72. The van der Waals surface area contributed by atoms with E-state index in [9.17, 15) is 9.18 Å². The van der Waals surface area contributed by atoms with Crippen LogP contribution < -0.4 is 9.64 Å². The molecule has 1 aromatic heterocycles. The van der Waals surface area contributed by atoms with Gasteiger partial charge in [-0.2, -0.15) is 0 Å². The monoisotopic (exact) mass is 400 g/mol. The smallest absolute Gasteiger partial charge is 0.260 e. The zero-order valence-corrected chi connectivity index (χ0v) is 18.5. The van der Waals surface area contributed by atoms with Gasteiger partial charge in [-0.3, -0.25) is 9.78 Å². The lowest BCUT2D eigenvalue weighted by Gasteiger charge is -2.25. The average molecular weight is 401 g/mol. The Hall–Kier alpha value is -2.69. The van der Waals surface area contributed by atoms with Gasteiger partial charge in [0, 0.05) is 30.4 Å². The van der Waals surface area contributed by atoms with Crippen molar-refractivity contribution in [3.8, 4) is 5.75 Å². The summed E-state index contributed by atoms with van der Waals surface area (Å²) in [5.41, 5.74) is 2.82. The predicted octanol–water partition coefficient (Wildman–Crippen LogP) is 6.38. The molecule has 1 aromatic carbocycles. The molecule has 1 aliphatic rings. The molecule has 4 nitrogen and oxygen atoms in total. The first-order valence-electron chi connectivity index (χ1n) is 10.3. The number of benzene rings is 1. The summed E-state index contributed by atoms with van der Waals surface area (Å²) in [5, 5.41) is 0. The summed E-state index contributed by atoms with van der Waals surface area (Å²) in [4.78, 5) is 19.0. The van der Waals surface area contributed by atoms with E-state index in [0.29, 0.717) is 29.5 Å². The molecule has 1 amide bonds. The van der Waals surface area contributed by atoms with E-state index in [1.165, 1.54) is 24.1 Å². The van der Waals surface area contributed by atoms with Crippen LogP contribution in [0.1, 0.15) is 69.4 Å². The van der Waals surface area contributed by atoms with E-state index in [1.54, 1.807) is 18.3 Å². The number of hydrogen-bond donors (Lipinski definition) is 0. The third kappa shape index (κ3) is 6.70. The van der Waals surface area contributed by atoms with Gasteiger partial charge in [0.2, 0.25) is 0 Å². The molecule has 0 bridgehead atoms. The van der Waals surface area contributed by atoms with Gasteiger partial charge in [0.25, 0.3) is 5.91 Å². The molecule has 0 radical (unpaired) electrons. The van der Waals surface area contributed by atoms with Gasteiger partial charge in [0.05, 0.1) is 18.4 Å². The third-order valence-corrected chi connectivity index (χ3v) is 4.13. The summed E-state index contributed by atoms with van der Waals surface area (Å²) in [7, 11) is 1.45. The lowest BCUT2D eigenvalue weighted by atomic mass is 10.1. The van der Waals surface area contributed by atoms with Crippen LogP contribution in [0.2, 0.25) is 0 Å². The van der Waals surface area contributed by atoms with Gasteiger partial charge < -0.3 is 9.64 Å². The van der Waals surface area contributed by atoms with Crippen LogP contribution in [0.5, 0.6) is 5.75 Å². The van der Waals surface area contributed by atoms with Crippen LogP contribution in [0.3, 0.4) is 0 Å². The van der Waals surface area contributed by atoms with Crippen LogP contribution >= 0.6 is 0 Å². The van der Waals surface area contributed by atoms with Crippen LogP contribution in [0.4, 0.5) is 10.1 Å². The molecule has 1 fully saturated rings. The van der Waals surface area contributed by atoms with Crippen LogP contribution in [-0.4, -0.2) is 24.5 Å². The van der Waals surface area contributed by atoms with E-state index in [0.717, 1.165) is 24.1 Å². The fourth-order valence-corrected chi connectivity index (χ4v) is 2.72. The molecule has 0 spiro atoms. The van der Waals surface area contributed by atoms with E-state index in [4.69, 9.17) is 4.74 Å². The number of aromatic nitrogens is 1. The molecule has 0 saturated heterocycles. The first-order chi connectivity index (χ1) is 14.0. The Morgan fingerprint density at radius 3 is 2.34 bits per heavy atom. The average Bonchev–Trinajstić information content (AvgIpc) is 3.60. The van der Waals surface area contributed by atoms with Gasteiger partial charge in [0.15, 0.2) is 0 Å². The maximum absolute atomic E-state index is 13.5. The highest BCUT2D eigenvalue weighted by molar-refractivity contribution is 6.07. The van der Waals surface area contributed by atoms with Crippen molar-refractivity contribution >= 4 is 11.6 Å². The summed E-state index contributed by atoms with van der Waals surface area (Å²) in [6, 6.07) is 7.82. The first-order valence-corrected chi connectivity index (χ1v) is 10.3. The number of ether oxygens (including phenoxy) is 1. The van der Waals surface area contributed by atoms with Crippen molar-refractivity contribution in [3.05, 3.63) is 65.8 Å². The molecule has 158 valence electrons. The van der Waals surface area contributed by atoms with Crippen molar-refractivity contribution in [1.82, 2.24) is 4.98 Å². The SMILES string of the molecule is C=C(C)CN(C(=O)c1ccc(C2CC2)nc1)c1ccc(F)cc1OC.CC.CC. The summed E-state index contributed by atoms with van der Waals surface area (Å²) in [6.07, 6.45) is 3.93. The molecule has 1 saturated carbocycles. The Bertz CT molecular complexity index is 799. The van der Waals surface area contributed by atoms with Crippen LogP contribution in [0.15, 0.2) is 48.7 Å². The number of carbonyl (C=O) groups excluding carboxylic acids is 1. The van der Waals surface area contributed by atoms with Gasteiger partial charge in [-0.15, -0.1) is 0 Å². The highest BCUT2D eigenvalue weighted by Crippen LogP contribution is 2.39. The highest BCUT2D eigenvalue weighted by Gasteiger charge is 2.26. The molecule has 3 rings (SSSR count). The number of halogens is 1. The number of pyridine rings is 1. The molecule has 1 aliphatic carbocycles.